The van der Waals surface area contributed by atoms with Gasteiger partial charge in [0.05, 0.1) is 5.69 Å². The Morgan fingerprint density at radius 2 is 1.63 bits per heavy atom. The van der Waals surface area contributed by atoms with E-state index in [9.17, 15) is 5.11 Å². The third kappa shape index (κ3) is 3.22. The molecule has 2 aromatic rings. The molecule has 2 aromatic carbocycles. The predicted octanol–water partition coefficient (Wildman–Crippen LogP) is 4.44. The Bertz CT molecular complexity index is 580. The minimum absolute atomic E-state index is 0.0827. The molecular weight excluding hydrogens is 234 g/mol. The number of para-hydroxylation sites is 2. The summed E-state index contributed by atoms with van der Waals surface area (Å²) < 4.78 is 0. The molecule has 98 valence electrons. The van der Waals surface area contributed by atoms with Gasteiger partial charge in [-0.2, -0.15) is 0 Å². The normalized spacial score (nSPS) is 11.9. The maximum absolute atomic E-state index is 10.3. The molecule has 0 saturated carbocycles. The van der Waals surface area contributed by atoms with Crippen molar-refractivity contribution in [2.45, 2.75) is 26.2 Å². The van der Waals surface area contributed by atoms with Gasteiger partial charge in [0, 0.05) is 11.8 Å². The average Bonchev–Trinajstić information content (AvgIpc) is 2.37. The lowest BCUT2D eigenvalue weighted by Gasteiger charge is -2.21. The standard InChI is InChI=1S/C17H19NO/c1-17(2,3)15-11-7-8-13(16(15)19)12-18-14-9-5-4-6-10-14/h4-12,19H,1-3H3/b18-12-. The van der Waals surface area contributed by atoms with Crippen molar-refractivity contribution in [3.8, 4) is 5.75 Å². The number of nitrogens with zero attached hydrogens (tertiary/aromatic N) is 1. The lowest BCUT2D eigenvalue weighted by Crippen LogP contribution is -2.11. The molecule has 0 aliphatic heterocycles. The van der Waals surface area contributed by atoms with E-state index in [0.717, 1.165) is 16.8 Å². The molecule has 2 heteroatoms. The van der Waals surface area contributed by atoms with Crippen LogP contribution in [0.1, 0.15) is 31.9 Å². The Kier molecular flexibility index (Phi) is 3.70. The Morgan fingerprint density at radius 3 is 2.26 bits per heavy atom. The van der Waals surface area contributed by atoms with E-state index in [4.69, 9.17) is 0 Å². The Hall–Kier alpha value is -2.09. The quantitative estimate of drug-likeness (QED) is 0.788. The predicted molar refractivity (Wildman–Crippen MR) is 80.5 cm³/mol. The van der Waals surface area contributed by atoms with Crippen LogP contribution in [0.2, 0.25) is 0 Å². The summed E-state index contributed by atoms with van der Waals surface area (Å²) >= 11 is 0. The maximum Gasteiger partial charge on any atom is 0.128 e. The first-order valence-corrected chi connectivity index (χ1v) is 6.40. The van der Waals surface area contributed by atoms with Crippen molar-refractivity contribution in [3.63, 3.8) is 0 Å². The van der Waals surface area contributed by atoms with Gasteiger partial charge in [-0.3, -0.25) is 4.99 Å². The van der Waals surface area contributed by atoms with Crippen molar-refractivity contribution < 1.29 is 5.11 Å². The van der Waals surface area contributed by atoms with Crippen molar-refractivity contribution in [1.29, 1.82) is 0 Å². The van der Waals surface area contributed by atoms with Gasteiger partial charge in [0.2, 0.25) is 0 Å². The number of phenolic OH excluding ortho intramolecular Hbond substituents is 1. The molecule has 0 aromatic heterocycles. The molecule has 0 bridgehead atoms. The topological polar surface area (TPSA) is 32.6 Å². The van der Waals surface area contributed by atoms with E-state index in [1.165, 1.54) is 0 Å². The van der Waals surface area contributed by atoms with E-state index in [1.54, 1.807) is 6.21 Å². The summed E-state index contributed by atoms with van der Waals surface area (Å²) in [7, 11) is 0. The van der Waals surface area contributed by atoms with Crippen LogP contribution in [-0.2, 0) is 5.41 Å². The molecule has 0 aliphatic rings. The molecule has 19 heavy (non-hydrogen) atoms. The van der Waals surface area contributed by atoms with Crippen molar-refractivity contribution >= 4 is 11.9 Å². The van der Waals surface area contributed by atoms with Gasteiger partial charge in [-0.25, -0.2) is 0 Å². The number of phenols is 1. The molecule has 0 saturated heterocycles. The fourth-order valence-corrected chi connectivity index (χ4v) is 1.93. The van der Waals surface area contributed by atoms with Gasteiger partial charge in [0.25, 0.3) is 0 Å². The first kappa shape index (κ1) is 13.3. The van der Waals surface area contributed by atoms with Crippen molar-refractivity contribution in [1.82, 2.24) is 0 Å². The zero-order chi connectivity index (χ0) is 13.9. The van der Waals surface area contributed by atoms with Crippen LogP contribution >= 0.6 is 0 Å². The molecule has 0 amide bonds. The molecule has 2 rings (SSSR count). The highest BCUT2D eigenvalue weighted by Crippen LogP contribution is 2.32. The third-order valence-electron chi connectivity index (χ3n) is 2.98. The summed E-state index contributed by atoms with van der Waals surface area (Å²) in [4.78, 5) is 4.38. The molecule has 0 heterocycles. The van der Waals surface area contributed by atoms with Crippen molar-refractivity contribution in [2.24, 2.45) is 4.99 Å². The molecular formula is C17H19NO. The second kappa shape index (κ2) is 5.27. The van der Waals surface area contributed by atoms with Gasteiger partial charge in [-0.15, -0.1) is 0 Å². The Morgan fingerprint density at radius 1 is 0.947 bits per heavy atom. The molecule has 0 unspecified atom stereocenters. The zero-order valence-electron chi connectivity index (χ0n) is 11.6. The van der Waals surface area contributed by atoms with Crippen LogP contribution in [0, 0.1) is 0 Å². The molecule has 1 N–H and O–H groups in total. The van der Waals surface area contributed by atoms with Gasteiger partial charge in [-0.05, 0) is 29.2 Å². The number of hydrogen-bond acceptors (Lipinski definition) is 2. The van der Waals surface area contributed by atoms with Crippen LogP contribution in [0.4, 0.5) is 5.69 Å². The van der Waals surface area contributed by atoms with E-state index in [0.29, 0.717) is 5.75 Å². The van der Waals surface area contributed by atoms with Crippen LogP contribution in [0.3, 0.4) is 0 Å². The van der Waals surface area contributed by atoms with E-state index >= 15 is 0 Å². The molecule has 0 spiro atoms. The fraction of sp³-hybridized carbons (Fsp3) is 0.235. The summed E-state index contributed by atoms with van der Waals surface area (Å²) in [5.41, 5.74) is 2.48. The number of aliphatic imine (C=N–C) groups is 1. The SMILES string of the molecule is CC(C)(C)c1cccc(/C=N\c2ccccc2)c1O. The molecule has 0 fully saturated rings. The van der Waals surface area contributed by atoms with Crippen LogP contribution < -0.4 is 0 Å². The van der Waals surface area contributed by atoms with Crippen LogP contribution in [0.25, 0.3) is 0 Å². The van der Waals surface area contributed by atoms with Gasteiger partial charge in [0.15, 0.2) is 0 Å². The lowest BCUT2D eigenvalue weighted by molar-refractivity contribution is 0.446. The minimum Gasteiger partial charge on any atom is -0.507 e. The highest BCUT2D eigenvalue weighted by atomic mass is 16.3. The summed E-state index contributed by atoms with van der Waals surface area (Å²) in [6.07, 6.45) is 1.71. The van der Waals surface area contributed by atoms with E-state index in [-0.39, 0.29) is 5.41 Å². The molecule has 0 radical (unpaired) electrons. The number of rotatable bonds is 2. The lowest BCUT2D eigenvalue weighted by atomic mass is 9.85. The maximum atomic E-state index is 10.3. The number of hydrogen-bond donors (Lipinski definition) is 1. The number of benzene rings is 2. The van der Waals surface area contributed by atoms with E-state index in [1.807, 2.05) is 48.5 Å². The minimum atomic E-state index is -0.0827. The Balaban J connectivity index is 2.34. The van der Waals surface area contributed by atoms with Gasteiger partial charge in [0.1, 0.15) is 5.75 Å². The van der Waals surface area contributed by atoms with Crippen LogP contribution in [0.5, 0.6) is 5.75 Å². The third-order valence-corrected chi connectivity index (χ3v) is 2.98. The van der Waals surface area contributed by atoms with Gasteiger partial charge in [-0.1, -0.05) is 51.1 Å². The molecule has 0 aliphatic carbocycles. The summed E-state index contributed by atoms with van der Waals surface area (Å²) in [5, 5.41) is 10.3. The Labute approximate surface area is 114 Å². The summed E-state index contributed by atoms with van der Waals surface area (Å²) in [6, 6.07) is 15.5. The number of aromatic hydroxyl groups is 1. The molecule has 0 atom stereocenters. The van der Waals surface area contributed by atoms with Crippen molar-refractivity contribution in [2.75, 3.05) is 0 Å². The second-order valence-electron chi connectivity index (χ2n) is 5.59. The molecule has 2 nitrogen and oxygen atoms in total. The fourth-order valence-electron chi connectivity index (χ4n) is 1.93. The van der Waals surface area contributed by atoms with Crippen molar-refractivity contribution in [3.05, 3.63) is 59.7 Å². The largest absolute Gasteiger partial charge is 0.507 e. The first-order chi connectivity index (χ1) is 8.98. The van der Waals surface area contributed by atoms with Gasteiger partial charge >= 0.3 is 0 Å². The highest BCUT2D eigenvalue weighted by Gasteiger charge is 2.18. The second-order valence-corrected chi connectivity index (χ2v) is 5.59. The van der Waals surface area contributed by atoms with E-state index < -0.39 is 0 Å². The monoisotopic (exact) mass is 253 g/mol. The summed E-state index contributed by atoms with van der Waals surface area (Å²) in [6.45, 7) is 6.25. The summed E-state index contributed by atoms with van der Waals surface area (Å²) in [5.74, 6) is 0.315. The van der Waals surface area contributed by atoms with Crippen LogP contribution in [-0.4, -0.2) is 11.3 Å². The average molecular weight is 253 g/mol. The zero-order valence-corrected chi connectivity index (χ0v) is 11.6. The highest BCUT2D eigenvalue weighted by molar-refractivity contribution is 5.86. The van der Waals surface area contributed by atoms with E-state index in [2.05, 4.69) is 25.8 Å². The first-order valence-electron chi connectivity index (χ1n) is 6.40. The smallest absolute Gasteiger partial charge is 0.128 e. The van der Waals surface area contributed by atoms with Crippen LogP contribution in [0.15, 0.2) is 53.5 Å². The van der Waals surface area contributed by atoms with Gasteiger partial charge < -0.3 is 5.11 Å².